The second kappa shape index (κ2) is 10.2. The van der Waals surface area contributed by atoms with Gasteiger partial charge in [0.2, 0.25) is 0 Å². The monoisotopic (exact) mass is 624 g/mol. The van der Waals surface area contributed by atoms with Crippen molar-refractivity contribution in [2.24, 2.45) is 0 Å². The maximum Gasteiger partial charge on any atom is 0.136 e. The van der Waals surface area contributed by atoms with Crippen LogP contribution in [0.3, 0.4) is 0 Å². The van der Waals surface area contributed by atoms with Crippen molar-refractivity contribution in [3.8, 4) is 34.6 Å². The van der Waals surface area contributed by atoms with Gasteiger partial charge in [0.15, 0.2) is 0 Å². The van der Waals surface area contributed by atoms with E-state index in [0.717, 1.165) is 88.1 Å². The predicted octanol–water partition coefficient (Wildman–Crippen LogP) is 11.2. The highest BCUT2D eigenvalue weighted by atomic mass is 16.3. The molecule has 5 nitrogen and oxygen atoms in total. The van der Waals surface area contributed by atoms with Gasteiger partial charge in [-0.1, -0.05) is 78.9 Å². The van der Waals surface area contributed by atoms with Crippen LogP contribution in [0.15, 0.2) is 150 Å². The van der Waals surface area contributed by atoms with E-state index in [0.29, 0.717) is 11.1 Å². The molecule has 0 bridgehead atoms. The number of hydrogen-bond donors (Lipinski definition) is 0. The van der Waals surface area contributed by atoms with Crippen LogP contribution in [0.5, 0.6) is 0 Å². The van der Waals surface area contributed by atoms with Gasteiger partial charge in [0.05, 0.1) is 45.0 Å². The standard InChI is InChI=1S/C44H24N4O/c45-25-27-19-30(21-31(20-27)47-38-13-5-1-9-32(38)33-10-2-6-14-39(33)47)28-17-18-29(26-46)41(22-28)48-40-15-7-3-11-34(40)36-24-44-37(23-42(36)48)35-12-4-8-16-43(35)49-44/h1-24H. The van der Waals surface area contributed by atoms with Crippen LogP contribution < -0.4 is 0 Å². The lowest BCUT2D eigenvalue weighted by Gasteiger charge is -2.14. The lowest BCUT2D eigenvalue weighted by Crippen LogP contribution is -1.99. The molecule has 0 radical (unpaired) electrons. The Bertz CT molecular complexity index is 3030. The van der Waals surface area contributed by atoms with Gasteiger partial charge in [0.1, 0.15) is 17.2 Å². The summed E-state index contributed by atoms with van der Waals surface area (Å²) in [4.78, 5) is 0. The molecule has 0 spiro atoms. The number of hydrogen-bond acceptors (Lipinski definition) is 3. The number of benzene rings is 7. The molecule has 226 valence electrons. The highest BCUT2D eigenvalue weighted by Gasteiger charge is 2.19. The van der Waals surface area contributed by atoms with Gasteiger partial charge in [-0.2, -0.15) is 10.5 Å². The predicted molar refractivity (Wildman–Crippen MR) is 197 cm³/mol. The fraction of sp³-hybridized carbons (Fsp3) is 0. The third-order valence-electron chi connectivity index (χ3n) is 9.75. The minimum atomic E-state index is 0.558. The number of aromatic nitrogens is 2. The molecule has 0 aliphatic rings. The van der Waals surface area contributed by atoms with Gasteiger partial charge < -0.3 is 13.6 Å². The Kier molecular flexibility index (Phi) is 5.64. The minimum Gasteiger partial charge on any atom is -0.456 e. The Balaban J connectivity index is 1.24. The molecule has 0 fully saturated rings. The zero-order chi connectivity index (χ0) is 32.6. The van der Waals surface area contributed by atoms with Crippen molar-refractivity contribution in [1.82, 2.24) is 9.13 Å². The number of nitriles is 2. The molecule has 0 N–H and O–H groups in total. The van der Waals surface area contributed by atoms with Gasteiger partial charge in [-0.25, -0.2) is 0 Å². The first-order valence-electron chi connectivity index (χ1n) is 16.1. The number of rotatable bonds is 3. The Hall–Kier alpha value is -7.08. The van der Waals surface area contributed by atoms with Crippen molar-refractivity contribution in [3.63, 3.8) is 0 Å². The van der Waals surface area contributed by atoms with E-state index in [1.807, 2.05) is 66.7 Å². The van der Waals surface area contributed by atoms with E-state index in [1.54, 1.807) is 0 Å². The summed E-state index contributed by atoms with van der Waals surface area (Å²) >= 11 is 0. The van der Waals surface area contributed by atoms with Crippen LogP contribution >= 0.6 is 0 Å². The van der Waals surface area contributed by atoms with E-state index in [1.165, 1.54) is 0 Å². The Morgan fingerprint density at radius 1 is 0.429 bits per heavy atom. The maximum atomic E-state index is 10.4. The molecular formula is C44H24N4O. The van der Waals surface area contributed by atoms with Gasteiger partial charge in [0, 0.05) is 38.0 Å². The Labute approximate surface area is 280 Å². The van der Waals surface area contributed by atoms with Crippen molar-refractivity contribution in [2.45, 2.75) is 0 Å². The zero-order valence-electron chi connectivity index (χ0n) is 26.1. The normalized spacial score (nSPS) is 11.6. The van der Waals surface area contributed by atoms with Crippen molar-refractivity contribution < 1.29 is 4.42 Å². The lowest BCUT2D eigenvalue weighted by molar-refractivity contribution is 0.669. The molecule has 10 aromatic rings. The van der Waals surface area contributed by atoms with Crippen LogP contribution in [0.25, 0.3) is 88.1 Å². The van der Waals surface area contributed by atoms with Gasteiger partial charge >= 0.3 is 0 Å². The summed E-state index contributed by atoms with van der Waals surface area (Å²) in [7, 11) is 0. The summed E-state index contributed by atoms with van der Waals surface area (Å²) in [6.45, 7) is 0. The van der Waals surface area contributed by atoms with Gasteiger partial charge in [-0.15, -0.1) is 0 Å². The second-order valence-electron chi connectivity index (χ2n) is 12.4. The number of para-hydroxylation sites is 4. The quantitative estimate of drug-likeness (QED) is 0.196. The van der Waals surface area contributed by atoms with Crippen LogP contribution in [-0.2, 0) is 0 Å². The molecule has 10 rings (SSSR count). The molecule has 0 saturated carbocycles. The summed E-state index contributed by atoms with van der Waals surface area (Å²) < 4.78 is 10.7. The van der Waals surface area contributed by atoms with Crippen molar-refractivity contribution in [1.29, 1.82) is 10.5 Å². The summed E-state index contributed by atoms with van der Waals surface area (Å²) in [6, 6.07) is 54.2. The van der Waals surface area contributed by atoms with Gasteiger partial charge in [0.25, 0.3) is 0 Å². The summed E-state index contributed by atoms with van der Waals surface area (Å²) in [6.07, 6.45) is 0. The van der Waals surface area contributed by atoms with Crippen LogP contribution in [0.4, 0.5) is 0 Å². The molecule has 0 aliphatic carbocycles. The molecule has 49 heavy (non-hydrogen) atoms. The topological polar surface area (TPSA) is 70.6 Å². The molecular weight excluding hydrogens is 601 g/mol. The van der Waals surface area contributed by atoms with Crippen molar-refractivity contribution in [3.05, 3.63) is 157 Å². The minimum absolute atomic E-state index is 0.558. The number of furan rings is 1. The number of nitrogens with zero attached hydrogens (tertiary/aromatic N) is 4. The van der Waals surface area contributed by atoms with E-state index in [4.69, 9.17) is 4.42 Å². The molecule has 5 heteroatoms. The smallest absolute Gasteiger partial charge is 0.136 e. The zero-order valence-corrected chi connectivity index (χ0v) is 26.1. The first kappa shape index (κ1) is 27.1. The van der Waals surface area contributed by atoms with Crippen LogP contribution in [-0.4, -0.2) is 9.13 Å². The molecule has 0 unspecified atom stereocenters. The molecule has 0 saturated heterocycles. The van der Waals surface area contributed by atoms with Crippen LogP contribution in [0, 0.1) is 22.7 Å². The van der Waals surface area contributed by atoms with E-state index >= 15 is 0 Å². The summed E-state index contributed by atoms with van der Waals surface area (Å²) in [5.74, 6) is 0. The molecule has 7 aromatic carbocycles. The lowest BCUT2D eigenvalue weighted by atomic mass is 9.99. The second-order valence-corrected chi connectivity index (χ2v) is 12.4. The Morgan fingerprint density at radius 3 is 1.76 bits per heavy atom. The molecule has 3 aromatic heterocycles. The summed E-state index contributed by atoms with van der Waals surface area (Å²) in [5.41, 5.74) is 10.4. The maximum absolute atomic E-state index is 10.4. The molecule has 0 aliphatic heterocycles. The van der Waals surface area contributed by atoms with Gasteiger partial charge in [-0.3, -0.25) is 0 Å². The number of fused-ring (bicyclic) bond motifs is 9. The van der Waals surface area contributed by atoms with Crippen LogP contribution in [0.1, 0.15) is 11.1 Å². The van der Waals surface area contributed by atoms with E-state index in [2.05, 4.69) is 100 Å². The van der Waals surface area contributed by atoms with Crippen LogP contribution in [0.2, 0.25) is 0 Å². The highest BCUT2D eigenvalue weighted by Crippen LogP contribution is 2.40. The average Bonchev–Trinajstić information content (AvgIpc) is 3.80. The first-order chi connectivity index (χ1) is 24.2. The van der Waals surface area contributed by atoms with E-state index < -0.39 is 0 Å². The largest absolute Gasteiger partial charge is 0.456 e. The molecule has 3 heterocycles. The van der Waals surface area contributed by atoms with E-state index in [-0.39, 0.29) is 0 Å². The fourth-order valence-corrected chi connectivity index (χ4v) is 7.61. The van der Waals surface area contributed by atoms with E-state index in [9.17, 15) is 10.5 Å². The first-order valence-corrected chi connectivity index (χ1v) is 16.1. The van der Waals surface area contributed by atoms with Crippen molar-refractivity contribution >= 4 is 65.6 Å². The average molecular weight is 625 g/mol. The molecule has 0 atom stereocenters. The SMILES string of the molecule is N#Cc1cc(-c2ccc(C#N)c(-n3c4ccccc4c4cc5oc6ccccc6c5cc43)c2)cc(-n2c3ccccc3c3ccccc32)c1. The molecule has 0 amide bonds. The third-order valence-corrected chi connectivity index (χ3v) is 9.75. The fourth-order valence-electron chi connectivity index (χ4n) is 7.61. The third kappa shape index (κ3) is 3.91. The highest BCUT2D eigenvalue weighted by molar-refractivity contribution is 6.17. The van der Waals surface area contributed by atoms with Gasteiger partial charge in [-0.05, 0) is 77.9 Å². The van der Waals surface area contributed by atoms with Crippen molar-refractivity contribution in [2.75, 3.05) is 0 Å². The summed E-state index contributed by atoms with van der Waals surface area (Å²) in [5, 5.41) is 27.2. The Morgan fingerprint density at radius 2 is 1.06 bits per heavy atom.